The van der Waals surface area contributed by atoms with Crippen LogP contribution in [-0.2, 0) is 24.2 Å². The number of nitrogens with zero attached hydrogens (tertiary/aromatic N) is 4. The molecule has 1 atom stereocenters. The van der Waals surface area contributed by atoms with Crippen LogP contribution in [-0.4, -0.2) is 50.7 Å². The molecule has 4 heterocycles. The van der Waals surface area contributed by atoms with Crippen LogP contribution in [0, 0.1) is 5.41 Å². The van der Waals surface area contributed by atoms with Gasteiger partial charge in [0.25, 0.3) is 0 Å². The summed E-state index contributed by atoms with van der Waals surface area (Å²) >= 11 is 6.40. The summed E-state index contributed by atoms with van der Waals surface area (Å²) in [4.78, 5) is 30.1. The number of hydrogen-bond acceptors (Lipinski definition) is 4. The minimum Gasteiger partial charge on any atom is -0.341 e. The Balaban J connectivity index is 1.41. The maximum atomic E-state index is 12.5. The van der Waals surface area contributed by atoms with E-state index >= 15 is 0 Å². The molecule has 8 nitrogen and oxygen atoms in total. The van der Waals surface area contributed by atoms with Crippen LogP contribution < -0.4 is 10.6 Å². The predicted molar refractivity (Wildman–Crippen MR) is 119 cm³/mol. The second-order valence-corrected chi connectivity index (χ2v) is 9.76. The van der Waals surface area contributed by atoms with Gasteiger partial charge in [-0.3, -0.25) is 14.8 Å². The van der Waals surface area contributed by atoms with Gasteiger partial charge in [0.15, 0.2) is 0 Å². The zero-order valence-electron chi connectivity index (χ0n) is 18.2. The molecule has 0 aliphatic carbocycles. The number of fused-ring (bicyclic) bond motifs is 1. The molecule has 4 rings (SSSR count). The van der Waals surface area contributed by atoms with E-state index in [9.17, 15) is 9.59 Å². The van der Waals surface area contributed by atoms with E-state index in [1.165, 1.54) is 5.69 Å². The lowest BCUT2D eigenvalue weighted by Crippen LogP contribution is -2.50. The Hall–Kier alpha value is -2.61. The molecule has 1 saturated heterocycles. The average Bonchev–Trinajstić information content (AvgIpc) is 3.20. The Morgan fingerprint density at radius 3 is 2.87 bits per heavy atom. The van der Waals surface area contributed by atoms with E-state index in [0.717, 1.165) is 43.5 Å². The van der Waals surface area contributed by atoms with Crippen molar-refractivity contribution >= 4 is 29.4 Å². The first-order valence-electron chi connectivity index (χ1n) is 10.7. The minimum atomic E-state index is -0.329. The number of carbonyl (C=O) groups excluding carboxylic acids is 2. The van der Waals surface area contributed by atoms with Gasteiger partial charge in [-0.2, -0.15) is 5.10 Å². The van der Waals surface area contributed by atoms with E-state index in [1.54, 1.807) is 18.0 Å². The molecule has 166 valence electrons. The topological polar surface area (TPSA) is 92.2 Å². The Morgan fingerprint density at radius 1 is 1.29 bits per heavy atom. The number of carbonyl (C=O) groups is 2. The Kier molecular flexibility index (Phi) is 5.92. The van der Waals surface area contributed by atoms with Crippen molar-refractivity contribution in [2.75, 3.05) is 18.4 Å². The summed E-state index contributed by atoms with van der Waals surface area (Å²) in [7, 11) is 0. The van der Waals surface area contributed by atoms with E-state index in [-0.39, 0.29) is 23.4 Å². The monoisotopic (exact) mass is 444 g/mol. The van der Waals surface area contributed by atoms with Crippen LogP contribution in [0.4, 0.5) is 10.6 Å². The fraction of sp³-hybridized carbons (Fsp3) is 0.545. The van der Waals surface area contributed by atoms with Crippen molar-refractivity contribution in [2.45, 2.75) is 59.0 Å². The number of likely N-dealkylation sites (tertiary alicyclic amines) is 1. The molecular weight excluding hydrogens is 416 g/mol. The summed E-state index contributed by atoms with van der Waals surface area (Å²) in [5, 5.41) is 10.8. The van der Waals surface area contributed by atoms with E-state index in [0.29, 0.717) is 23.8 Å². The van der Waals surface area contributed by atoms with Crippen LogP contribution in [0.5, 0.6) is 0 Å². The van der Waals surface area contributed by atoms with Crippen LogP contribution in [0.3, 0.4) is 0 Å². The van der Waals surface area contributed by atoms with Crippen LogP contribution in [0.25, 0.3) is 0 Å². The molecule has 2 aliphatic heterocycles. The van der Waals surface area contributed by atoms with Gasteiger partial charge in [-0.15, -0.1) is 0 Å². The van der Waals surface area contributed by atoms with Crippen molar-refractivity contribution in [3.05, 3.63) is 40.3 Å². The van der Waals surface area contributed by atoms with Crippen LogP contribution in [0.1, 0.15) is 50.4 Å². The van der Waals surface area contributed by atoms with Crippen molar-refractivity contribution < 1.29 is 9.59 Å². The maximum absolute atomic E-state index is 12.5. The average molecular weight is 445 g/mol. The summed E-state index contributed by atoms with van der Waals surface area (Å²) in [5.74, 6) is 0.478. The fourth-order valence-corrected chi connectivity index (χ4v) is 4.63. The lowest BCUT2D eigenvalue weighted by molar-refractivity contribution is -0.130. The van der Waals surface area contributed by atoms with Gasteiger partial charge in [0, 0.05) is 50.9 Å². The first-order valence-corrected chi connectivity index (χ1v) is 11.1. The molecule has 2 aromatic heterocycles. The highest BCUT2D eigenvalue weighted by Crippen LogP contribution is 2.34. The number of aromatic nitrogens is 3. The van der Waals surface area contributed by atoms with Crippen molar-refractivity contribution in [1.29, 1.82) is 0 Å². The number of hydrogen-bond donors (Lipinski definition) is 2. The molecule has 0 bridgehead atoms. The van der Waals surface area contributed by atoms with Gasteiger partial charge in [0.1, 0.15) is 5.82 Å². The van der Waals surface area contributed by atoms with Crippen molar-refractivity contribution in [1.82, 2.24) is 25.0 Å². The van der Waals surface area contributed by atoms with Crippen LogP contribution in [0.2, 0.25) is 5.02 Å². The molecule has 0 aromatic carbocycles. The number of rotatable bonds is 4. The number of halogens is 1. The molecule has 0 unspecified atom stereocenters. The van der Waals surface area contributed by atoms with Gasteiger partial charge in [-0.1, -0.05) is 25.4 Å². The number of amides is 3. The molecule has 31 heavy (non-hydrogen) atoms. The molecule has 2 aliphatic rings. The number of nitrogens with one attached hydrogen (secondary N) is 2. The normalized spacial score (nSPS) is 19.7. The van der Waals surface area contributed by atoms with Gasteiger partial charge >= 0.3 is 6.03 Å². The number of piperidine rings is 1. The highest BCUT2D eigenvalue weighted by molar-refractivity contribution is 6.31. The molecule has 2 N–H and O–H groups in total. The minimum absolute atomic E-state index is 0.0333. The van der Waals surface area contributed by atoms with Crippen molar-refractivity contribution in [2.24, 2.45) is 5.41 Å². The highest BCUT2D eigenvalue weighted by Gasteiger charge is 2.31. The van der Waals surface area contributed by atoms with E-state index in [1.807, 2.05) is 12.3 Å². The van der Waals surface area contributed by atoms with Crippen LogP contribution >= 0.6 is 11.6 Å². The largest absolute Gasteiger partial charge is 0.341 e. The molecule has 0 spiro atoms. The van der Waals surface area contributed by atoms with Crippen LogP contribution in [0.15, 0.2) is 18.5 Å². The first kappa shape index (κ1) is 21.6. The van der Waals surface area contributed by atoms with Gasteiger partial charge < -0.3 is 10.2 Å². The number of pyridine rings is 1. The zero-order chi connectivity index (χ0) is 22.2. The first-order chi connectivity index (χ1) is 14.7. The smallest absolute Gasteiger partial charge is 0.320 e. The summed E-state index contributed by atoms with van der Waals surface area (Å²) in [6, 6.07) is 1.42. The van der Waals surface area contributed by atoms with Gasteiger partial charge in [0.05, 0.1) is 11.2 Å². The predicted octanol–water partition coefficient (Wildman–Crippen LogP) is 3.24. The second kappa shape index (κ2) is 8.49. The molecule has 0 saturated carbocycles. The van der Waals surface area contributed by atoms with Crippen molar-refractivity contribution in [3.63, 3.8) is 0 Å². The van der Waals surface area contributed by atoms with Crippen molar-refractivity contribution in [3.8, 4) is 0 Å². The Bertz CT molecular complexity index is 1000. The number of urea groups is 1. The highest BCUT2D eigenvalue weighted by atomic mass is 35.5. The summed E-state index contributed by atoms with van der Waals surface area (Å²) in [6.07, 6.45) is 6.82. The SMILES string of the molecule is CC(=O)N1CCC[C@H](NC(=O)Nc2cc(Cc3cnn4c3CC(C)(C)C4)c(Cl)cn2)C1. The molecule has 9 heteroatoms. The van der Waals surface area contributed by atoms with E-state index in [4.69, 9.17) is 11.6 Å². The molecule has 2 aromatic rings. The molecule has 3 amide bonds. The second-order valence-electron chi connectivity index (χ2n) is 9.36. The van der Waals surface area contributed by atoms with E-state index < -0.39 is 0 Å². The quantitative estimate of drug-likeness (QED) is 0.757. The Morgan fingerprint density at radius 2 is 2.10 bits per heavy atom. The summed E-state index contributed by atoms with van der Waals surface area (Å²) < 4.78 is 2.07. The van der Waals surface area contributed by atoms with Gasteiger partial charge in [-0.25, -0.2) is 9.78 Å². The standard InChI is InChI=1S/C22H29ClN6O2/c1-14(30)28-6-4-5-17(12-28)26-21(31)27-20-8-15(18(23)11-24-20)7-16-10-25-29-13-22(2,3)9-19(16)29/h8,10-11,17H,4-7,9,12-13H2,1-3H3,(H2,24,26,27,31)/t17-/m0/s1. The third kappa shape index (κ3) is 5.01. The zero-order valence-corrected chi connectivity index (χ0v) is 19.0. The summed E-state index contributed by atoms with van der Waals surface area (Å²) in [5.41, 5.74) is 3.51. The molecule has 0 radical (unpaired) electrons. The maximum Gasteiger partial charge on any atom is 0.320 e. The Labute approximate surface area is 187 Å². The lowest BCUT2D eigenvalue weighted by Gasteiger charge is -2.32. The molecular formula is C22H29ClN6O2. The molecule has 1 fully saturated rings. The van der Waals surface area contributed by atoms with Gasteiger partial charge in [0.2, 0.25) is 5.91 Å². The fourth-order valence-electron chi connectivity index (χ4n) is 4.46. The lowest BCUT2D eigenvalue weighted by atomic mass is 9.90. The third-order valence-corrected chi connectivity index (χ3v) is 6.36. The number of anilines is 1. The summed E-state index contributed by atoms with van der Waals surface area (Å²) in [6.45, 7) is 8.24. The third-order valence-electron chi connectivity index (χ3n) is 6.02. The van der Waals surface area contributed by atoms with Gasteiger partial charge in [-0.05, 0) is 41.9 Å². The van der Waals surface area contributed by atoms with E-state index in [2.05, 4.69) is 39.2 Å².